The number of ketones is 1. The second kappa shape index (κ2) is 6.11. The molecule has 1 aromatic carbocycles. The standard InChI is InChI=1S/C17H15N3O4/c1-10(21)17-13-7-11(12-4-6-15(24-2)18-8-12)3-5-14(13)20(19-17)9-16(22)23/h3-8H,9H2,1-2H3,(H,22,23). The van der Waals surface area contributed by atoms with E-state index in [1.165, 1.54) is 11.6 Å². The number of ether oxygens (including phenoxy) is 1. The minimum Gasteiger partial charge on any atom is -0.481 e. The Labute approximate surface area is 137 Å². The molecule has 2 aromatic heterocycles. The van der Waals surface area contributed by atoms with Crippen LogP contribution in [-0.4, -0.2) is 38.7 Å². The lowest BCUT2D eigenvalue weighted by Crippen LogP contribution is -2.10. The number of aromatic nitrogens is 3. The van der Waals surface area contributed by atoms with E-state index in [0.29, 0.717) is 16.8 Å². The molecule has 0 aliphatic carbocycles. The topological polar surface area (TPSA) is 94.3 Å². The number of nitrogens with zero attached hydrogens (tertiary/aromatic N) is 3. The number of benzene rings is 1. The van der Waals surface area contributed by atoms with E-state index < -0.39 is 5.97 Å². The lowest BCUT2D eigenvalue weighted by atomic mass is 10.0. The molecule has 1 N–H and O–H groups in total. The minimum absolute atomic E-state index is 0.214. The van der Waals surface area contributed by atoms with Crippen LogP contribution in [0.2, 0.25) is 0 Å². The van der Waals surface area contributed by atoms with E-state index in [9.17, 15) is 9.59 Å². The molecule has 0 fully saturated rings. The van der Waals surface area contributed by atoms with Crippen molar-refractivity contribution in [2.45, 2.75) is 13.5 Å². The molecule has 3 rings (SSSR count). The molecule has 0 saturated carbocycles. The van der Waals surface area contributed by atoms with E-state index in [0.717, 1.165) is 11.1 Å². The molecule has 0 unspecified atom stereocenters. The Hall–Kier alpha value is -3.22. The number of methoxy groups -OCH3 is 1. The summed E-state index contributed by atoms with van der Waals surface area (Å²) in [7, 11) is 1.55. The zero-order chi connectivity index (χ0) is 17.3. The maximum absolute atomic E-state index is 11.8. The highest BCUT2D eigenvalue weighted by atomic mass is 16.5. The van der Waals surface area contributed by atoms with Crippen LogP contribution in [0, 0.1) is 0 Å². The fourth-order valence-corrected chi connectivity index (χ4v) is 2.54. The summed E-state index contributed by atoms with van der Waals surface area (Å²) in [4.78, 5) is 27.0. The Morgan fingerprint density at radius 1 is 1.21 bits per heavy atom. The van der Waals surface area contributed by atoms with Gasteiger partial charge in [0.25, 0.3) is 0 Å². The molecule has 7 heteroatoms. The largest absolute Gasteiger partial charge is 0.481 e. The average Bonchev–Trinajstić information content (AvgIpc) is 2.92. The van der Waals surface area contributed by atoms with Gasteiger partial charge in [-0.1, -0.05) is 6.07 Å². The minimum atomic E-state index is -1.02. The summed E-state index contributed by atoms with van der Waals surface area (Å²) in [5, 5.41) is 13.8. The van der Waals surface area contributed by atoms with Gasteiger partial charge in [-0.15, -0.1) is 0 Å². The van der Waals surface area contributed by atoms with Gasteiger partial charge < -0.3 is 9.84 Å². The zero-order valence-electron chi connectivity index (χ0n) is 13.2. The van der Waals surface area contributed by atoms with Crippen LogP contribution in [0.4, 0.5) is 0 Å². The van der Waals surface area contributed by atoms with Gasteiger partial charge in [0.2, 0.25) is 5.88 Å². The molecule has 0 atom stereocenters. The third-order valence-corrected chi connectivity index (χ3v) is 3.65. The Morgan fingerprint density at radius 2 is 1.96 bits per heavy atom. The van der Waals surface area contributed by atoms with Crippen LogP contribution in [0.5, 0.6) is 5.88 Å². The van der Waals surface area contributed by atoms with Crippen molar-refractivity contribution in [2.75, 3.05) is 7.11 Å². The van der Waals surface area contributed by atoms with Crippen LogP contribution < -0.4 is 4.74 Å². The summed E-state index contributed by atoms with van der Waals surface area (Å²) in [5.41, 5.74) is 2.58. The predicted octanol–water partition coefficient (Wildman–Crippen LogP) is 2.39. The number of carboxylic acid groups (broad SMARTS) is 1. The van der Waals surface area contributed by atoms with Gasteiger partial charge in [-0.25, -0.2) is 4.98 Å². The number of fused-ring (bicyclic) bond motifs is 1. The van der Waals surface area contributed by atoms with Gasteiger partial charge in [0.05, 0.1) is 12.6 Å². The van der Waals surface area contributed by atoms with Gasteiger partial charge in [-0.3, -0.25) is 14.3 Å². The SMILES string of the molecule is COc1ccc(-c2ccc3c(c2)c(C(C)=O)nn3CC(=O)O)cn1. The van der Waals surface area contributed by atoms with Crippen molar-refractivity contribution in [3.63, 3.8) is 0 Å². The van der Waals surface area contributed by atoms with Crippen LogP contribution in [0.15, 0.2) is 36.5 Å². The molecule has 0 spiro atoms. The third kappa shape index (κ3) is 2.83. The van der Waals surface area contributed by atoms with E-state index in [4.69, 9.17) is 9.84 Å². The summed E-state index contributed by atoms with van der Waals surface area (Å²) >= 11 is 0. The lowest BCUT2D eigenvalue weighted by molar-refractivity contribution is -0.137. The highest BCUT2D eigenvalue weighted by molar-refractivity contribution is 6.06. The summed E-state index contributed by atoms with van der Waals surface area (Å²) in [5.74, 6) is -0.717. The first-order chi connectivity index (χ1) is 11.5. The molecule has 24 heavy (non-hydrogen) atoms. The predicted molar refractivity (Wildman–Crippen MR) is 87.2 cm³/mol. The van der Waals surface area contributed by atoms with Crippen molar-refractivity contribution in [3.8, 4) is 17.0 Å². The number of carboxylic acids is 1. The molecule has 0 aliphatic heterocycles. The Bertz CT molecular complexity index is 929. The van der Waals surface area contributed by atoms with Gasteiger partial charge >= 0.3 is 5.97 Å². The van der Waals surface area contributed by atoms with Gasteiger partial charge in [-0.05, 0) is 23.8 Å². The van der Waals surface area contributed by atoms with Crippen molar-refractivity contribution >= 4 is 22.7 Å². The van der Waals surface area contributed by atoms with Crippen LogP contribution in [0.1, 0.15) is 17.4 Å². The number of carbonyl (C=O) groups is 2. The average molecular weight is 325 g/mol. The van der Waals surface area contributed by atoms with Gasteiger partial charge in [-0.2, -0.15) is 5.10 Å². The number of hydrogen-bond acceptors (Lipinski definition) is 5. The van der Waals surface area contributed by atoms with Gasteiger partial charge in [0.15, 0.2) is 5.78 Å². The quantitative estimate of drug-likeness (QED) is 0.724. The van der Waals surface area contributed by atoms with Gasteiger partial charge in [0.1, 0.15) is 12.2 Å². The zero-order valence-corrected chi connectivity index (χ0v) is 13.2. The Balaban J connectivity index is 2.13. The highest BCUT2D eigenvalue weighted by Gasteiger charge is 2.16. The van der Waals surface area contributed by atoms with Crippen LogP contribution >= 0.6 is 0 Å². The fraction of sp³-hybridized carbons (Fsp3) is 0.176. The smallest absolute Gasteiger partial charge is 0.325 e. The summed E-state index contributed by atoms with van der Waals surface area (Å²) in [6, 6.07) is 9.04. The molecule has 0 bridgehead atoms. The third-order valence-electron chi connectivity index (χ3n) is 3.65. The van der Waals surface area contributed by atoms with Crippen molar-refractivity contribution in [2.24, 2.45) is 0 Å². The van der Waals surface area contributed by atoms with Crippen LogP contribution in [-0.2, 0) is 11.3 Å². The highest BCUT2D eigenvalue weighted by Crippen LogP contribution is 2.27. The monoisotopic (exact) mass is 325 g/mol. The maximum Gasteiger partial charge on any atom is 0.325 e. The van der Waals surface area contributed by atoms with Crippen molar-refractivity contribution < 1.29 is 19.4 Å². The summed E-state index contributed by atoms with van der Waals surface area (Å²) in [6.45, 7) is 1.11. The molecule has 0 radical (unpaired) electrons. The van der Waals surface area contributed by atoms with Crippen molar-refractivity contribution in [1.29, 1.82) is 0 Å². The molecule has 2 heterocycles. The summed E-state index contributed by atoms with van der Waals surface area (Å²) in [6.07, 6.45) is 1.68. The fourth-order valence-electron chi connectivity index (χ4n) is 2.54. The van der Waals surface area contributed by atoms with Crippen molar-refractivity contribution in [1.82, 2.24) is 14.8 Å². The second-order valence-corrected chi connectivity index (χ2v) is 5.28. The number of pyridine rings is 1. The van der Waals surface area contributed by atoms with E-state index in [-0.39, 0.29) is 18.0 Å². The van der Waals surface area contributed by atoms with Crippen LogP contribution in [0.3, 0.4) is 0 Å². The maximum atomic E-state index is 11.8. The molecule has 0 saturated heterocycles. The second-order valence-electron chi connectivity index (χ2n) is 5.28. The number of Topliss-reactive ketones (excluding diaryl/α,β-unsaturated/α-hetero) is 1. The first kappa shape index (κ1) is 15.7. The van der Waals surface area contributed by atoms with Gasteiger partial charge in [0, 0.05) is 30.1 Å². The first-order valence-corrected chi connectivity index (χ1v) is 7.23. The molecule has 3 aromatic rings. The number of rotatable bonds is 5. The molecule has 0 amide bonds. The number of aliphatic carboxylic acids is 1. The number of carbonyl (C=O) groups excluding carboxylic acids is 1. The number of hydrogen-bond donors (Lipinski definition) is 1. The molecule has 7 nitrogen and oxygen atoms in total. The van der Waals surface area contributed by atoms with E-state index in [1.54, 1.807) is 25.4 Å². The normalized spacial score (nSPS) is 10.8. The molecular weight excluding hydrogens is 310 g/mol. The van der Waals surface area contributed by atoms with Crippen molar-refractivity contribution in [3.05, 3.63) is 42.2 Å². The molecule has 122 valence electrons. The van der Waals surface area contributed by atoms with Crippen LogP contribution in [0.25, 0.3) is 22.0 Å². The Kier molecular flexibility index (Phi) is 3.99. The lowest BCUT2D eigenvalue weighted by Gasteiger charge is -2.04. The molecular formula is C17H15N3O4. The van der Waals surface area contributed by atoms with E-state index >= 15 is 0 Å². The summed E-state index contributed by atoms with van der Waals surface area (Å²) < 4.78 is 6.37. The molecule has 0 aliphatic rings. The van der Waals surface area contributed by atoms with E-state index in [2.05, 4.69) is 10.1 Å². The first-order valence-electron chi connectivity index (χ1n) is 7.23. The van der Waals surface area contributed by atoms with E-state index in [1.807, 2.05) is 18.2 Å². The Morgan fingerprint density at radius 3 is 2.54 bits per heavy atom.